The van der Waals surface area contributed by atoms with Crippen LogP contribution in [0.1, 0.15) is 38.3 Å². The smallest absolute Gasteiger partial charge is 0.193 e. The van der Waals surface area contributed by atoms with E-state index in [1.165, 1.54) is 31.4 Å². The van der Waals surface area contributed by atoms with Crippen LogP contribution in [0.3, 0.4) is 0 Å². The third kappa shape index (κ3) is 2.75. The Labute approximate surface area is 112 Å². The van der Waals surface area contributed by atoms with Crippen molar-refractivity contribution in [1.82, 2.24) is 14.7 Å². The Morgan fingerprint density at radius 3 is 3.17 bits per heavy atom. The number of aryl methyl sites for hydroxylation is 1. The lowest BCUT2D eigenvalue weighted by atomic mass is 10.1. The van der Waals surface area contributed by atoms with Crippen LogP contribution in [0.25, 0.3) is 4.96 Å². The van der Waals surface area contributed by atoms with E-state index in [-0.39, 0.29) is 0 Å². The molecule has 0 bridgehead atoms. The molecule has 0 amide bonds. The molecule has 98 valence electrons. The fourth-order valence-corrected chi connectivity index (χ4v) is 3.25. The highest BCUT2D eigenvalue weighted by Crippen LogP contribution is 2.34. The second-order valence-electron chi connectivity index (χ2n) is 5.26. The van der Waals surface area contributed by atoms with E-state index in [0.29, 0.717) is 6.04 Å². The summed E-state index contributed by atoms with van der Waals surface area (Å²) in [7, 11) is 0. The highest BCUT2D eigenvalue weighted by molar-refractivity contribution is 7.15. The first-order chi connectivity index (χ1) is 8.86. The number of nitrogens with one attached hydrogen (secondary N) is 1. The normalized spacial score (nSPS) is 17.4. The standard InChI is InChI=1S/C14H21N3S/c1-2-7-15-13(11-3-4-11)6-5-12-10-17-8-9-18-14(17)16-12/h8-11,13,15H,2-7H2,1H3. The van der Waals surface area contributed by atoms with Crippen LogP contribution >= 0.6 is 11.3 Å². The topological polar surface area (TPSA) is 29.3 Å². The van der Waals surface area contributed by atoms with Crippen molar-refractivity contribution in [3.63, 3.8) is 0 Å². The van der Waals surface area contributed by atoms with Crippen LogP contribution in [0.15, 0.2) is 17.8 Å². The summed E-state index contributed by atoms with van der Waals surface area (Å²) >= 11 is 1.71. The number of nitrogens with zero attached hydrogens (tertiary/aromatic N) is 2. The van der Waals surface area contributed by atoms with Gasteiger partial charge in [-0.15, -0.1) is 11.3 Å². The maximum atomic E-state index is 4.66. The molecule has 2 aromatic heterocycles. The molecule has 2 aromatic rings. The van der Waals surface area contributed by atoms with Crippen LogP contribution in [0.5, 0.6) is 0 Å². The van der Waals surface area contributed by atoms with Gasteiger partial charge in [-0.1, -0.05) is 6.92 Å². The minimum Gasteiger partial charge on any atom is -0.314 e. The van der Waals surface area contributed by atoms with Crippen molar-refractivity contribution in [2.24, 2.45) is 5.92 Å². The SMILES string of the molecule is CCCNC(CCc1cn2ccsc2n1)C1CC1. The summed E-state index contributed by atoms with van der Waals surface area (Å²) in [6.45, 7) is 3.39. The lowest BCUT2D eigenvalue weighted by Crippen LogP contribution is -2.32. The summed E-state index contributed by atoms with van der Waals surface area (Å²) in [5.41, 5.74) is 1.24. The van der Waals surface area contributed by atoms with Crippen molar-refractivity contribution in [3.05, 3.63) is 23.5 Å². The van der Waals surface area contributed by atoms with Crippen molar-refractivity contribution in [3.8, 4) is 0 Å². The highest BCUT2D eigenvalue weighted by Gasteiger charge is 2.30. The molecule has 1 atom stereocenters. The molecule has 1 saturated carbocycles. The Morgan fingerprint density at radius 2 is 2.44 bits per heavy atom. The van der Waals surface area contributed by atoms with Gasteiger partial charge in [0.05, 0.1) is 5.69 Å². The molecule has 2 heterocycles. The molecule has 0 aliphatic heterocycles. The van der Waals surface area contributed by atoms with Gasteiger partial charge in [0.1, 0.15) is 0 Å². The van der Waals surface area contributed by atoms with E-state index in [9.17, 15) is 0 Å². The van der Waals surface area contributed by atoms with Gasteiger partial charge in [-0.05, 0) is 44.6 Å². The van der Waals surface area contributed by atoms with Gasteiger partial charge in [0, 0.05) is 23.8 Å². The lowest BCUT2D eigenvalue weighted by Gasteiger charge is -2.17. The fourth-order valence-electron chi connectivity index (χ4n) is 2.53. The van der Waals surface area contributed by atoms with E-state index >= 15 is 0 Å². The highest BCUT2D eigenvalue weighted by atomic mass is 32.1. The van der Waals surface area contributed by atoms with Gasteiger partial charge in [-0.3, -0.25) is 4.40 Å². The molecule has 18 heavy (non-hydrogen) atoms. The first-order valence-corrected chi connectivity index (χ1v) is 7.89. The number of thiazole rings is 1. The Kier molecular flexibility index (Phi) is 3.66. The average Bonchev–Trinajstić information content (AvgIpc) is 2.98. The van der Waals surface area contributed by atoms with Crippen LogP contribution in [0, 0.1) is 5.92 Å². The number of aromatic nitrogens is 2. The number of hydrogen-bond acceptors (Lipinski definition) is 3. The number of fused-ring (bicyclic) bond motifs is 1. The van der Waals surface area contributed by atoms with Gasteiger partial charge < -0.3 is 5.32 Å². The molecule has 0 aromatic carbocycles. The van der Waals surface area contributed by atoms with Gasteiger partial charge in [-0.2, -0.15) is 0 Å². The summed E-state index contributed by atoms with van der Waals surface area (Å²) in [6.07, 6.45) is 10.7. The maximum absolute atomic E-state index is 4.66. The van der Waals surface area contributed by atoms with Crippen molar-refractivity contribution >= 4 is 16.3 Å². The minimum absolute atomic E-state index is 0.713. The van der Waals surface area contributed by atoms with Crippen LogP contribution in [0.2, 0.25) is 0 Å². The van der Waals surface area contributed by atoms with Crippen LogP contribution < -0.4 is 5.32 Å². The third-order valence-corrected chi connectivity index (χ3v) is 4.47. The summed E-state index contributed by atoms with van der Waals surface area (Å²) in [5.74, 6) is 0.931. The predicted octanol–water partition coefficient (Wildman–Crippen LogP) is 3.11. The van der Waals surface area contributed by atoms with E-state index < -0.39 is 0 Å². The predicted molar refractivity (Wildman–Crippen MR) is 76.2 cm³/mol. The Bertz CT molecular complexity index is 469. The number of rotatable bonds is 7. The van der Waals surface area contributed by atoms with Crippen LogP contribution in [-0.4, -0.2) is 22.0 Å². The molecular formula is C14H21N3S. The molecule has 3 nitrogen and oxygen atoms in total. The monoisotopic (exact) mass is 263 g/mol. The first-order valence-electron chi connectivity index (χ1n) is 7.01. The van der Waals surface area contributed by atoms with Crippen molar-refractivity contribution in [2.45, 2.75) is 45.1 Å². The zero-order chi connectivity index (χ0) is 12.4. The third-order valence-electron chi connectivity index (χ3n) is 3.70. The molecule has 0 radical (unpaired) electrons. The second-order valence-corrected chi connectivity index (χ2v) is 6.13. The quantitative estimate of drug-likeness (QED) is 0.831. The van der Waals surface area contributed by atoms with Crippen molar-refractivity contribution in [1.29, 1.82) is 0 Å². The Hall–Kier alpha value is -0.870. The maximum Gasteiger partial charge on any atom is 0.193 e. The van der Waals surface area contributed by atoms with Gasteiger partial charge in [-0.25, -0.2) is 4.98 Å². The Balaban J connectivity index is 1.56. The molecule has 0 saturated heterocycles. The van der Waals surface area contributed by atoms with Gasteiger partial charge in [0.2, 0.25) is 0 Å². The van der Waals surface area contributed by atoms with E-state index in [1.54, 1.807) is 11.3 Å². The zero-order valence-electron chi connectivity index (χ0n) is 10.9. The first kappa shape index (κ1) is 12.2. The zero-order valence-corrected chi connectivity index (χ0v) is 11.7. The molecule has 3 rings (SSSR count). The second kappa shape index (κ2) is 5.41. The molecule has 1 aliphatic carbocycles. The van der Waals surface area contributed by atoms with Crippen molar-refractivity contribution < 1.29 is 0 Å². The molecule has 1 aliphatic rings. The Morgan fingerprint density at radius 1 is 1.56 bits per heavy atom. The van der Waals surface area contributed by atoms with Crippen LogP contribution in [-0.2, 0) is 6.42 Å². The summed E-state index contributed by atoms with van der Waals surface area (Å²) in [6, 6.07) is 0.713. The number of hydrogen-bond donors (Lipinski definition) is 1. The van der Waals surface area contributed by atoms with Gasteiger partial charge >= 0.3 is 0 Å². The molecule has 1 N–H and O–H groups in total. The molecule has 4 heteroatoms. The summed E-state index contributed by atoms with van der Waals surface area (Å²) in [4.78, 5) is 5.78. The molecule has 0 spiro atoms. The fraction of sp³-hybridized carbons (Fsp3) is 0.643. The molecule has 1 fully saturated rings. The average molecular weight is 263 g/mol. The van der Waals surface area contributed by atoms with E-state index in [4.69, 9.17) is 0 Å². The number of imidazole rings is 1. The van der Waals surface area contributed by atoms with E-state index in [2.05, 4.69) is 39.4 Å². The van der Waals surface area contributed by atoms with E-state index in [0.717, 1.165) is 23.8 Å². The molecular weight excluding hydrogens is 242 g/mol. The largest absolute Gasteiger partial charge is 0.314 e. The van der Waals surface area contributed by atoms with Gasteiger partial charge in [0.15, 0.2) is 4.96 Å². The lowest BCUT2D eigenvalue weighted by molar-refractivity contribution is 0.434. The summed E-state index contributed by atoms with van der Waals surface area (Å²) in [5, 5.41) is 5.78. The minimum atomic E-state index is 0.713. The molecule has 1 unspecified atom stereocenters. The van der Waals surface area contributed by atoms with Gasteiger partial charge in [0.25, 0.3) is 0 Å². The van der Waals surface area contributed by atoms with Crippen molar-refractivity contribution in [2.75, 3.05) is 6.54 Å². The van der Waals surface area contributed by atoms with Crippen LogP contribution in [0.4, 0.5) is 0 Å². The summed E-state index contributed by atoms with van der Waals surface area (Å²) < 4.78 is 2.13. The van der Waals surface area contributed by atoms with E-state index in [1.807, 2.05) is 0 Å².